The highest BCUT2D eigenvalue weighted by atomic mass is 16.5. The molecule has 0 bridgehead atoms. The van der Waals surface area contributed by atoms with Gasteiger partial charge in [0.15, 0.2) is 0 Å². The Kier molecular flexibility index (Phi) is 4.65. The minimum absolute atomic E-state index is 0.0162. The van der Waals surface area contributed by atoms with Crippen molar-refractivity contribution >= 4 is 11.6 Å². The van der Waals surface area contributed by atoms with Gasteiger partial charge in [0.1, 0.15) is 11.8 Å². The Labute approximate surface area is 120 Å². The van der Waals surface area contributed by atoms with Crippen molar-refractivity contribution in [1.29, 1.82) is 0 Å². The molecule has 0 spiro atoms. The van der Waals surface area contributed by atoms with Crippen molar-refractivity contribution in [2.75, 3.05) is 11.9 Å². The first kappa shape index (κ1) is 14.9. The quantitative estimate of drug-likeness (QED) is 0.839. The van der Waals surface area contributed by atoms with E-state index in [-0.39, 0.29) is 18.1 Å². The maximum Gasteiger partial charge on any atom is 0.246 e. The highest BCUT2D eigenvalue weighted by molar-refractivity contribution is 6.02. The Morgan fingerprint density at radius 2 is 2.10 bits per heavy atom. The number of carbonyl (C=O) groups excluding carboxylic acids is 1. The van der Waals surface area contributed by atoms with E-state index < -0.39 is 0 Å². The molecule has 0 saturated heterocycles. The number of carbonyl (C=O) groups is 1. The first-order valence-corrected chi connectivity index (χ1v) is 7.37. The van der Waals surface area contributed by atoms with Gasteiger partial charge in [0.25, 0.3) is 0 Å². The summed E-state index contributed by atoms with van der Waals surface area (Å²) >= 11 is 0. The summed E-state index contributed by atoms with van der Waals surface area (Å²) in [6.07, 6.45) is 1.16. The summed E-state index contributed by atoms with van der Waals surface area (Å²) in [5.41, 5.74) is 1.87. The van der Waals surface area contributed by atoms with E-state index in [4.69, 9.17) is 4.74 Å². The van der Waals surface area contributed by atoms with E-state index in [1.54, 1.807) is 0 Å². The molecule has 4 heteroatoms. The lowest BCUT2D eigenvalue weighted by molar-refractivity contribution is -0.117. The lowest BCUT2D eigenvalue weighted by Gasteiger charge is -2.18. The molecule has 1 aliphatic heterocycles. The average molecular weight is 276 g/mol. The number of amides is 1. The van der Waals surface area contributed by atoms with Gasteiger partial charge in [-0.15, -0.1) is 0 Å². The highest BCUT2D eigenvalue weighted by Crippen LogP contribution is 2.34. The van der Waals surface area contributed by atoms with Gasteiger partial charge in [-0.1, -0.05) is 26.8 Å². The summed E-state index contributed by atoms with van der Waals surface area (Å²) < 4.78 is 5.88. The molecule has 0 aliphatic carbocycles. The van der Waals surface area contributed by atoms with Gasteiger partial charge in [-0.2, -0.15) is 0 Å². The van der Waals surface area contributed by atoms with Gasteiger partial charge in [-0.3, -0.25) is 4.79 Å². The number of ether oxygens (including phenoxy) is 1. The summed E-state index contributed by atoms with van der Waals surface area (Å²) in [4.78, 5) is 12.0. The number of anilines is 1. The van der Waals surface area contributed by atoms with Gasteiger partial charge in [-0.05, 0) is 31.9 Å². The Balaban J connectivity index is 2.13. The van der Waals surface area contributed by atoms with E-state index in [1.165, 1.54) is 0 Å². The monoisotopic (exact) mass is 276 g/mol. The topological polar surface area (TPSA) is 50.4 Å². The number of hydrogen-bond acceptors (Lipinski definition) is 3. The van der Waals surface area contributed by atoms with Crippen LogP contribution in [0.3, 0.4) is 0 Å². The molecule has 1 aliphatic rings. The van der Waals surface area contributed by atoms with Gasteiger partial charge in [0.05, 0.1) is 6.10 Å². The molecule has 0 saturated carbocycles. The van der Waals surface area contributed by atoms with Crippen LogP contribution in [0, 0.1) is 5.92 Å². The van der Waals surface area contributed by atoms with Crippen molar-refractivity contribution in [3.8, 4) is 5.75 Å². The van der Waals surface area contributed by atoms with Crippen LogP contribution in [0.1, 0.15) is 45.7 Å². The standard InChI is InChI=1S/C16H24N2O2/c1-5-8-17-15-13-7-6-12(20-11(4)10(2)3)9-14(13)18-16(15)19/h6-7,9-11,15,17H,5,8H2,1-4H3,(H,18,19). The molecular weight excluding hydrogens is 252 g/mol. The van der Waals surface area contributed by atoms with Gasteiger partial charge in [0.2, 0.25) is 5.91 Å². The third-order valence-electron chi connectivity index (χ3n) is 3.72. The minimum atomic E-state index is -0.235. The van der Waals surface area contributed by atoms with Gasteiger partial charge in [-0.25, -0.2) is 0 Å². The Morgan fingerprint density at radius 3 is 2.75 bits per heavy atom. The average Bonchev–Trinajstić information content (AvgIpc) is 2.71. The zero-order chi connectivity index (χ0) is 14.7. The Bertz CT molecular complexity index is 485. The van der Waals surface area contributed by atoms with Crippen LogP contribution < -0.4 is 15.4 Å². The molecule has 1 aromatic carbocycles. The Morgan fingerprint density at radius 1 is 1.35 bits per heavy atom. The molecule has 20 heavy (non-hydrogen) atoms. The third-order valence-corrected chi connectivity index (χ3v) is 3.72. The summed E-state index contributed by atoms with van der Waals surface area (Å²) in [5.74, 6) is 1.28. The van der Waals surface area contributed by atoms with Crippen LogP contribution >= 0.6 is 0 Å². The first-order chi connectivity index (χ1) is 9.52. The molecule has 2 atom stereocenters. The fourth-order valence-electron chi connectivity index (χ4n) is 2.16. The van der Waals surface area contributed by atoms with Gasteiger partial charge >= 0.3 is 0 Å². The summed E-state index contributed by atoms with van der Waals surface area (Å²) in [7, 11) is 0. The molecule has 4 nitrogen and oxygen atoms in total. The molecule has 2 unspecified atom stereocenters. The van der Waals surface area contributed by atoms with Crippen molar-refractivity contribution < 1.29 is 9.53 Å². The van der Waals surface area contributed by atoms with Crippen molar-refractivity contribution in [3.05, 3.63) is 23.8 Å². The predicted octanol–water partition coefficient (Wildman–Crippen LogP) is 3.10. The van der Waals surface area contributed by atoms with Crippen LogP contribution in [-0.2, 0) is 4.79 Å². The zero-order valence-corrected chi connectivity index (χ0v) is 12.7. The van der Waals surface area contributed by atoms with Crippen LogP contribution in [0.15, 0.2) is 18.2 Å². The summed E-state index contributed by atoms with van der Waals surface area (Å²) in [6.45, 7) is 9.24. The molecule has 1 amide bonds. The van der Waals surface area contributed by atoms with Crippen molar-refractivity contribution in [1.82, 2.24) is 5.32 Å². The van der Waals surface area contributed by atoms with Crippen LogP contribution in [0.25, 0.3) is 0 Å². The number of fused-ring (bicyclic) bond motifs is 1. The lowest BCUT2D eigenvalue weighted by Crippen LogP contribution is -2.27. The Hall–Kier alpha value is -1.55. The molecule has 0 fully saturated rings. The molecule has 2 N–H and O–H groups in total. The molecule has 0 radical (unpaired) electrons. The molecule has 1 aromatic rings. The summed E-state index contributed by atoms with van der Waals surface area (Å²) in [6, 6.07) is 5.60. The molecule has 0 aromatic heterocycles. The maximum absolute atomic E-state index is 12.0. The number of rotatable bonds is 6. The van der Waals surface area contributed by atoms with E-state index in [9.17, 15) is 4.79 Å². The number of hydrogen-bond donors (Lipinski definition) is 2. The van der Waals surface area contributed by atoms with E-state index in [0.717, 1.165) is 30.0 Å². The van der Waals surface area contributed by atoms with E-state index in [1.807, 2.05) is 18.2 Å². The van der Waals surface area contributed by atoms with E-state index in [0.29, 0.717) is 5.92 Å². The third kappa shape index (κ3) is 3.12. The molecule has 110 valence electrons. The lowest BCUT2D eigenvalue weighted by atomic mass is 10.1. The fourth-order valence-corrected chi connectivity index (χ4v) is 2.16. The molecule has 2 rings (SSSR count). The van der Waals surface area contributed by atoms with E-state index >= 15 is 0 Å². The molecular formula is C16H24N2O2. The van der Waals surface area contributed by atoms with Crippen LogP contribution in [-0.4, -0.2) is 18.6 Å². The second kappa shape index (κ2) is 6.27. The zero-order valence-electron chi connectivity index (χ0n) is 12.7. The minimum Gasteiger partial charge on any atom is -0.490 e. The molecule has 1 heterocycles. The number of benzene rings is 1. The normalized spacial score (nSPS) is 18.9. The SMILES string of the molecule is CCCNC1C(=O)Nc2cc(OC(C)C(C)C)ccc21. The maximum atomic E-state index is 12.0. The van der Waals surface area contributed by atoms with Crippen molar-refractivity contribution in [2.45, 2.75) is 46.3 Å². The first-order valence-electron chi connectivity index (χ1n) is 7.37. The van der Waals surface area contributed by atoms with Crippen molar-refractivity contribution in [2.24, 2.45) is 5.92 Å². The second-order valence-electron chi connectivity index (χ2n) is 5.69. The highest BCUT2D eigenvalue weighted by Gasteiger charge is 2.30. The number of nitrogens with one attached hydrogen (secondary N) is 2. The van der Waals surface area contributed by atoms with Crippen LogP contribution in [0.5, 0.6) is 5.75 Å². The van der Waals surface area contributed by atoms with Gasteiger partial charge in [0, 0.05) is 17.3 Å². The second-order valence-corrected chi connectivity index (χ2v) is 5.69. The van der Waals surface area contributed by atoms with Crippen LogP contribution in [0.4, 0.5) is 5.69 Å². The summed E-state index contributed by atoms with van der Waals surface area (Å²) in [5, 5.41) is 6.18. The fraction of sp³-hybridized carbons (Fsp3) is 0.562. The van der Waals surface area contributed by atoms with Crippen molar-refractivity contribution in [3.63, 3.8) is 0 Å². The largest absolute Gasteiger partial charge is 0.490 e. The predicted molar refractivity (Wildman–Crippen MR) is 81.0 cm³/mol. The van der Waals surface area contributed by atoms with E-state index in [2.05, 4.69) is 38.3 Å². The smallest absolute Gasteiger partial charge is 0.246 e. The van der Waals surface area contributed by atoms with Crippen LogP contribution in [0.2, 0.25) is 0 Å². The van der Waals surface area contributed by atoms with Gasteiger partial charge < -0.3 is 15.4 Å².